The number of rotatable bonds is 4. The van der Waals surface area contributed by atoms with Crippen molar-refractivity contribution in [2.75, 3.05) is 7.05 Å². The first-order valence-electron chi connectivity index (χ1n) is 4.97. The summed E-state index contributed by atoms with van der Waals surface area (Å²) >= 11 is 0. The number of hydrogen-bond acceptors (Lipinski definition) is 1. The number of amidine groups is 1. The number of nitrogens with one attached hydrogen (secondary N) is 1. The van der Waals surface area contributed by atoms with Gasteiger partial charge in [-0.25, -0.2) is 0 Å². The zero-order chi connectivity index (χ0) is 9.14. The van der Waals surface area contributed by atoms with Crippen LogP contribution in [-0.4, -0.2) is 23.8 Å². The van der Waals surface area contributed by atoms with Crippen LogP contribution in [0.5, 0.6) is 0 Å². The summed E-state index contributed by atoms with van der Waals surface area (Å²) in [5.74, 6) is 1.67. The van der Waals surface area contributed by atoms with E-state index in [0.29, 0.717) is 6.04 Å². The molecule has 1 N–H and O–H groups in total. The molecule has 0 amide bonds. The van der Waals surface area contributed by atoms with Gasteiger partial charge in [-0.3, -0.25) is 5.41 Å². The Balaban J connectivity index is 2.33. The fourth-order valence-electron chi connectivity index (χ4n) is 1.55. The Morgan fingerprint density at radius 3 is 2.58 bits per heavy atom. The van der Waals surface area contributed by atoms with E-state index in [1.54, 1.807) is 0 Å². The minimum absolute atomic E-state index is 0.587. The van der Waals surface area contributed by atoms with Crippen molar-refractivity contribution in [1.29, 1.82) is 5.41 Å². The van der Waals surface area contributed by atoms with E-state index in [4.69, 9.17) is 5.41 Å². The molecule has 0 bridgehead atoms. The topological polar surface area (TPSA) is 27.1 Å². The minimum atomic E-state index is 0.587. The quantitative estimate of drug-likeness (QED) is 0.507. The first kappa shape index (κ1) is 9.56. The normalized spacial score (nSPS) is 18.9. The van der Waals surface area contributed by atoms with Gasteiger partial charge in [0.2, 0.25) is 0 Å². The summed E-state index contributed by atoms with van der Waals surface area (Å²) in [5, 5.41) is 7.77. The molecule has 1 aliphatic carbocycles. The molecule has 1 atom stereocenters. The van der Waals surface area contributed by atoms with Crippen LogP contribution in [0, 0.1) is 11.3 Å². The molecule has 0 saturated heterocycles. The van der Waals surface area contributed by atoms with Crippen LogP contribution >= 0.6 is 0 Å². The summed E-state index contributed by atoms with van der Waals surface area (Å²) in [5.41, 5.74) is 0. The summed E-state index contributed by atoms with van der Waals surface area (Å²) < 4.78 is 0. The molecule has 2 heteroatoms. The molecule has 0 radical (unpaired) electrons. The maximum atomic E-state index is 7.77. The van der Waals surface area contributed by atoms with Crippen LogP contribution in [0.1, 0.15) is 39.5 Å². The van der Waals surface area contributed by atoms with Crippen LogP contribution in [0.4, 0.5) is 0 Å². The summed E-state index contributed by atoms with van der Waals surface area (Å²) in [6, 6.07) is 0.587. The lowest BCUT2D eigenvalue weighted by Gasteiger charge is -2.27. The third kappa shape index (κ3) is 2.23. The van der Waals surface area contributed by atoms with Gasteiger partial charge in [0.15, 0.2) is 0 Å². The van der Waals surface area contributed by atoms with Gasteiger partial charge in [-0.15, -0.1) is 0 Å². The van der Waals surface area contributed by atoms with E-state index in [2.05, 4.69) is 25.8 Å². The van der Waals surface area contributed by atoms with Gasteiger partial charge in [0.05, 0.1) is 5.84 Å². The molecular weight excluding hydrogens is 148 g/mol. The first-order valence-corrected chi connectivity index (χ1v) is 4.97. The average Bonchev–Trinajstić information content (AvgIpc) is 2.84. The van der Waals surface area contributed by atoms with E-state index < -0.39 is 0 Å². The summed E-state index contributed by atoms with van der Waals surface area (Å²) in [6.07, 6.45) is 4.74. The monoisotopic (exact) mass is 168 g/mol. The van der Waals surface area contributed by atoms with Crippen LogP contribution in [0.15, 0.2) is 0 Å². The number of nitrogens with zero attached hydrogens (tertiary/aromatic N) is 1. The Morgan fingerprint density at radius 2 is 2.17 bits per heavy atom. The molecule has 12 heavy (non-hydrogen) atoms. The van der Waals surface area contributed by atoms with E-state index in [-0.39, 0.29) is 0 Å². The van der Waals surface area contributed by atoms with Crippen LogP contribution in [0.25, 0.3) is 0 Å². The molecule has 1 unspecified atom stereocenters. The number of hydrogen-bond donors (Lipinski definition) is 1. The molecule has 0 heterocycles. The first-order chi connectivity index (χ1) is 5.66. The van der Waals surface area contributed by atoms with E-state index in [1.807, 2.05) is 0 Å². The highest BCUT2D eigenvalue weighted by Gasteiger charge is 2.31. The van der Waals surface area contributed by atoms with Gasteiger partial charge in [0.1, 0.15) is 0 Å². The predicted molar refractivity (Wildman–Crippen MR) is 52.6 cm³/mol. The van der Waals surface area contributed by atoms with Crippen molar-refractivity contribution in [3.63, 3.8) is 0 Å². The highest BCUT2D eigenvalue weighted by Crippen LogP contribution is 2.34. The van der Waals surface area contributed by atoms with Crippen molar-refractivity contribution in [2.24, 2.45) is 5.92 Å². The zero-order valence-corrected chi connectivity index (χ0v) is 8.43. The van der Waals surface area contributed by atoms with Crippen molar-refractivity contribution in [3.05, 3.63) is 0 Å². The highest BCUT2D eigenvalue weighted by molar-refractivity contribution is 5.79. The Labute approximate surface area is 75.5 Å². The van der Waals surface area contributed by atoms with E-state index in [1.165, 1.54) is 12.8 Å². The fraction of sp³-hybridized carbons (Fsp3) is 0.900. The van der Waals surface area contributed by atoms with Crippen LogP contribution in [0.3, 0.4) is 0 Å². The van der Waals surface area contributed by atoms with Crippen molar-refractivity contribution >= 4 is 5.84 Å². The van der Waals surface area contributed by atoms with Gasteiger partial charge in [0, 0.05) is 19.5 Å². The molecule has 1 saturated carbocycles. The van der Waals surface area contributed by atoms with Crippen molar-refractivity contribution in [3.8, 4) is 0 Å². The molecule has 0 aromatic rings. The molecule has 2 nitrogen and oxygen atoms in total. The predicted octanol–water partition coefficient (Wildman–Crippen LogP) is 2.49. The smallest absolute Gasteiger partial charge is 0.0957 e. The molecule has 0 aliphatic heterocycles. The SMILES string of the molecule is CCCC(=N)N(C)C(C)C1CC1. The molecule has 1 aliphatic rings. The fourth-order valence-corrected chi connectivity index (χ4v) is 1.55. The standard InChI is InChI=1S/C10H20N2/c1-4-5-10(11)12(3)8(2)9-6-7-9/h8-9,11H,4-7H2,1-3H3. The highest BCUT2D eigenvalue weighted by atomic mass is 15.2. The van der Waals surface area contributed by atoms with Gasteiger partial charge in [0.25, 0.3) is 0 Å². The lowest BCUT2D eigenvalue weighted by molar-refractivity contribution is 0.345. The maximum absolute atomic E-state index is 7.77. The van der Waals surface area contributed by atoms with Gasteiger partial charge >= 0.3 is 0 Å². The summed E-state index contributed by atoms with van der Waals surface area (Å²) in [4.78, 5) is 2.14. The van der Waals surface area contributed by atoms with E-state index in [0.717, 1.165) is 24.6 Å². The van der Waals surface area contributed by atoms with Gasteiger partial charge in [-0.1, -0.05) is 6.92 Å². The third-order valence-electron chi connectivity index (χ3n) is 2.83. The molecule has 1 fully saturated rings. The Hall–Kier alpha value is -0.530. The van der Waals surface area contributed by atoms with Crippen LogP contribution < -0.4 is 0 Å². The minimum Gasteiger partial charge on any atom is -0.361 e. The van der Waals surface area contributed by atoms with Crippen LogP contribution in [0.2, 0.25) is 0 Å². The second kappa shape index (κ2) is 3.92. The average molecular weight is 168 g/mol. The van der Waals surface area contributed by atoms with Crippen molar-refractivity contribution in [2.45, 2.75) is 45.6 Å². The van der Waals surface area contributed by atoms with Crippen molar-refractivity contribution < 1.29 is 0 Å². The molecule has 1 rings (SSSR count). The van der Waals surface area contributed by atoms with Crippen LogP contribution in [-0.2, 0) is 0 Å². The van der Waals surface area contributed by atoms with E-state index >= 15 is 0 Å². The largest absolute Gasteiger partial charge is 0.361 e. The van der Waals surface area contributed by atoms with Gasteiger partial charge in [-0.2, -0.15) is 0 Å². The lowest BCUT2D eigenvalue weighted by Crippen LogP contribution is -2.35. The maximum Gasteiger partial charge on any atom is 0.0957 e. The van der Waals surface area contributed by atoms with E-state index in [9.17, 15) is 0 Å². The Morgan fingerprint density at radius 1 is 1.58 bits per heavy atom. The summed E-state index contributed by atoms with van der Waals surface area (Å²) in [7, 11) is 2.06. The summed E-state index contributed by atoms with van der Waals surface area (Å²) in [6.45, 7) is 4.37. The molecule has 0 spiro atoms. The molecule has 0 aromatic carbocycles. The molecule has 70 valence electrons. The Bertz CT molecular complexity index is 161. The van der Waals surface area contributed by atoms with Gasteiger partial charge < -0.3 is 4.90 Å². The molecule has 0 aromatic heterocycles. The second-order valence-electron chi connectivity index (χ2n) is 3.89. The van der Waals surface area contributed by atoms with Gasteiger partial charge in [-0.05, 0) is 32.1 Å². The second-order valence-corrected chi connectivity index (χ2v) is 3.89. The lowest BCUT2D eigenvalue weighted by atomic mass is 10.1. The molecular formula is C10H20N2. The zero-order valence-electron chi connectivity index (χ0n) is 8.43. The third-order valence-corrected chi connectivity index (χ3v) is 2.83. The van der Waals surface area contributed by atoms with Crippen molar-refractivity contribution in [1.82, 2.24) is 4.90 Å². The Kier molecular flexibility index (Phi) is 3.12.